The number of aromatic carboxylic acids is 1. The van der Waals surface area contributed by atoms with E-state index in [0.717, 1.165) is 0 Å². The van der Waals surface area contributed by atoms with Crippen molar-refractivity contribution in [3.05, 3.63) is 35.9 Å². The zero-order valence-electron chi connectivity index (χ0n) is 10.5. The molecule has 1 aliphatic rings. The largest absolute Gasteiger partial charge is 0.478 e. The third kappa shape index (κ3) is 5.47. The quantitative estimate of drug-likeness (QED) is 0.797. The van der Waals surface area contributed by atoms with Gasteiger partial charge in [0.1, 0.15) is 0 Å². The molecule has 0 unspecified atom stereocenters. The van der Waals surface area contributed by atoms with Crippen molar-refractivity contribution in [2.45, 2.75) is 0 Å². The fourth-order valence-corrected chi connectivity index (χ4v) is 1.49. The summed E-state index contributed by atoms with van der Waals surface area (Å²) in [6.07, 6.45) is 0. The highest BCUT2D eigenvalue weighted by Gasteiger charge is 2.07. The predicted molar refractivity (Wildman–Crippen MR) is 68.4 cm³/mol. The maximum absolute atomic E-state index is 10.2. The van der Waals surface area contributed by atoms with E-state index in [-0.39, 0.29) is 0 Å². The van der Waals surface area contributed by atoms with Crippen molar-refractivity contribution in [3.63, 3.8) is 0 Å². The first kappa shape index (κ1) is 13.7. The minimum Gasteiger partial charge on any atom is -0.478 e. The van der Waals surface area contributed by atoms with E-state index in [4.69, 9.17) is 5.11 Å². The van der Waals surface area contributed by atoms with Gasteiger partial charge in [-0.15, -0.1) is 0 Å². The average Bonchev–Trinajstić information content (AvgIpc) is 2.35. The molecule has 2 rings (SSSR count). The molecule has 4 heteroatoms. The Kier molecular flexibility index (Phi) is 5.66. The minimum absolute atomic E-state index is 0.331. The van der Waals surface area contributed by atoms with Gasteiger partial charge in [0, 0.05) is 26.2 Å². The molecule has 1 aromatic carbocycles. The Morgan fingerprint density at radius 1 is 1.00 bits per heavy atom. The van der Waals surface area contributed by atoms with E-state index in [2.05, 4.69) is 23.9 Å². The highest BCUT2D eigenvalue weighted by atomic mass is 16.4. The normalized spacial score (nSPS) is 17.1. The van der Waals surface area contributed by atoms with Crippen molar-refractivity contribution in [3.8, 4) is 0 Å². The smallest absolute Gasteiger partial charge is 0.335 e. The number of hydrogen-bond donors (Lipinski definition) is 1. The molecule has 1 saturated heterocycles. The highest BCUT2D eigenvalue weighted by molar-refractivity contribution is 5.87. The van der Waals surface area contributed by atoms with E-state index >= 15 is 0 Å². The van der Waals surface area contributed by atoms with Crippen LogP contribution in [0.25, 0.3) is 0 Å². The Labute approximate surface area is 102 Å². The molecule has 94 valence electrons. The average molecular weight is 236 g/mol. The number of likely N-dealkylation sites (N-methyl/N-ethyl adjacent to an activating group) is 2. The molecule has 0 aromatic heterocycles. The summed E-state index contributed by atoms with van der Waals surface area (Å²) >= 11 is 0. The predicted octanol–water partition coefficient (Wildman–Crippen LogP) is 1.25. The molecule has 17 heavy (non-hydrogen) atoms. The van der Waals surface area contributed by atoms with Crippen LogP contribution in [0.5, 0.6) is 0 Å². The molecule has 4 nitrogen and oxygen atoms in total. The zero-order chi connectivity index (χ0) is 12.7. The summed E-state index contributed by atoms with van der Waals surface area (Å²) in [6.45, 7) is 4.93. The van der Waals surface area contributed by atoms with Gasteiger partial charge in [-0.2, -0.15) is 0 Å². The van der Waals surface area contributed by atoms with E-state index < -0.39 is 5.97 Å². The number of carboxylic acid groups (broad SMARTS) is 1. The van der Waals surface area contributed by atoms with Gasteiger partial charge in [-0.3, -0.25) is 0 Å². The van der Waals surface area contributed by atoms with Crippen LogP contribution < -0.4 is 0 Å². The van der Waals surface area contributed by atoms with E-state index in [1.54, 1.807) is 30.3 Å². The van der Waals surface area contributed by atoms with Gasteiger partial charge >= 0.3 is 5.97 Å². The first-order valence-electron chi connectivity index (χ1n) is 5.75. The lowest BCUT2D eigenvalue weighted by molar-refractivity contribution is 0.0697. The maximum atomic E-state index is 10.2. The van der Waals surface area contributed by atoms with Crippen LogP contribution in [0.2, 0.25) is 0 Å². The van der Waals surface area contributed by atoms with Crippen molar-refractivity contribution in [2.24, 2.45) is 0 Å². The lowest BCUT2D eigenvalue weighted by Crippen LogP contribution is -2.42. The summed E-state index contributed by atoms with van der Waals surface area (Å²) in [5, 5.41) is 8.38. The van der Waals surface area contributed by atoms with Crippen molar-refractivity contribution in [1.82, 2.24) is 9.80 Å². The Hall–Kier alpha value is -1.39. The molecule has 0 saturated carbocycles. The fourth-order valence-electron chi connectivity index (χ4n) is 1.49. The number of benzene rings is 1. The summed E-state index contributed by atoms with van der Waals surface area (Å²) in [4.78, 5) is 14.9. The lowest BCUT2D eigenvalue weighted by Gasteiger charge is -2.28. The van der Waals surface area contributed by atoms with Crippen molar-refractivity contribution >= 4 is 5.97 Å². The van der Waals surface area contributed by atoms with Crippen LogP contribution in [0, 0.1) is 0 Å². The zero-order valence-corrected chi connectivity index (χ0v) is 10.5. The van der Waals surface area contributed by atoms with E-state index in [1.165, 1.54) is 26.2 Å². The SMILES string of the molecule is CN1CCN(C)CC1.O=C(O)c1ccccc1. The highest BCUT2D eigenvalue weighted by Crippen LogP contribution is 1.96. The van der Waals surface area contributed by atoms with Gasteiger partial charge in [-0.05, 0) is 26.2 Å². The van der Waals surface area contributed by atoms with Crippen molar-refractivity contribution < 1.29 is 9.90 Å². The summed E-state index contributed by atoms with van der Waals surface area (Å²) in [5.74, 6) is -0.879. The van der Waals surface area contributed by atoms with Crippen LogP contribution >= 0.6 is 0 Å². The number of carboxylic acids is 1. The summed E-state index contributed by atoms with van der Waals surface area (Å²) in [7, 11) is 4.35. The third-order valence-corrected chi connectivity index (χ3v) is 2.75. The van der Waals surface area contributed by atoms with Crippen LogP contribution in [0.15, 0.2) is 30.3 Å². The Bertz CT molecular complexity index is 323. The molecule has 0 amide bonds. The second kappa shape index (κ2) is 7.04. The Morgan fingerprint density at radius 2 is 1.41 bits per heavy atom. The molecule has 1 heterocycles. The van der Waals surface area contributed by atoms with Crippen LogP contribution in [-0.4, -0.2) is 61.2 Å². The van der Waals surface area contributed by atoms with Gasteiger partial charge in [-0.1, -0.05) is 18.2 Å². The summed E-state index contributed by atoms with van der Waals surface area (Å²) in [5.41, 5.74) is 0.331. The summed E-state index contributed by atoms with van der Waals surface area (Å²) in [6, 6.07) is 8.30. The second-order valence-electron chi connectivity index (χ2n) is 4.28. The van der Waals surface area contributed by atoms with E-state index in [1.807, 2.05) is 0 Å². The first-order chi connectivity index (χ1) is 8.09. The second-order valence-corrected chi connectivity index (χ2v) is 4.28. The Balaban J connectivity index is 0.000000171. The van der Waals surface area contributed by atoms with Crippen LogP contribution in [0.4, 0.5) is 0 Å². The molecule has 0 atom stereocenters. The van der Waals surface area contributed by atoms with Gasteiger partial charge < -0.3 is 14.9 Å². The molecule has 0 aliphatic carbocycles. The molecule has 0 spiro atoms. The van der Waals surface area contributed by atoms with Crippen LogP contribution in [0.3, 0.4) is 0 Å². The van der Waals surface area contributed by atoms with Gasteiger partial charge in [0.25, 0.3) is 0 Å². The number of nitrogens with zero attached hydrogens (tertiary/aromatic N) is 2. The number of piperazine rings is 1. The van der Waals surface area contributed by atoms with Gasteiger partial charge in [-0.25, -0.2) is 4.79 Å². The monoisotopic (exact) mass is 236 g/mol. The van der Waals surface area contributed by atoms with Crippen LogP contribution in [-0.2, 0) is 0 Å². The molecule has 0 radical (unpaired) electrons. The molecule has 1 aromatic rings. The minimum atomic E-state index is -0.879. The molecule has 0 bridgehead atoms. The number of rotatable bonds is 1. The van der Waals surface area contributed by atoms with Gasteiger partial charge in [0.2, 0.25) is 0 Å². The molecule has 1 aliphatic heterocycles. The molecular formula is C13H20N2O2. The number of carbonyl (C=O) groups is 1. The van der Waals surface area contributed by atoms with E-state index in [0.29, 0.717) is 5.56 Å². The molecule has 1 fully saturated rings. The van der Waals surface area contributed by atoms with E-state index in [9.17, 15) is 4.79 Å². The fraction of sp³-hybridized carbons (Fsp3) is 0.462. The number of hydrogen-bond acceptors (Lipinski definition) is 3. The van der Waals surface area contributed by atoms with Crippen molar-refractivity contribution in [1.29, 1.82) is 0 Å². The first-order valence-corrected chi connectivity index (χ1v) is 5.75. The molecule has 1 N–H and O–H groups in total. The summed E-state index contributed by atoms with van der Waals surface area (Å²) < 4.78 is 0. The Morgan fingerprint density at radius 3 is 1.71 bits per heavy atom. The van der Waals surface area contributed by atoms with Crippen molar-refractivity contribution in [2.75, 3.05) is 40.3 Å². The molecular weight excluding hydrogens is 216 g/mol. The standard InChI is InChI=1S/C7H6O2.C6H14N2/c8-7(9)6-4-2-1-3-5-6;1-7-3-5-8(2)6-4-7/h1-5H,(H,8,9);3-6H2,1-2H3. The topological polar surface area (TPSA) is 43.8 Å². The van der Waals surface area contributed by atoms with Gasteiger partial charge in [0.05, 0.1) is 5.56 Å². The maximum Gasteiger partial charge on any atom is 0.335 e. The lowest BCUT2D eigenvalue weighted by atomic mass is 10.2. The van der Waals surface area contributed by atoms with Crippen LogP contribution in [0.1, 0.15) is 10.4 Å². The van der Waals surface area contributed by atoms with Gasteiger partial charge in [0.15, 0.2) is 0 Å². The third-order valence-electron chi connectivity index (χ3n) is 2.75.